The van der Waals surface area contributed by atoms with Gasteiger partial charge in [0.25, 0.3) is 5.91 Å². The Hall–Kier alpha value is -0.250. The summed E-state index contributed by atoms with van der Waals surface area (Å²) in [5, 5.41) is 0.556. The molecule has 0 spiro atoms. The fourth-order valence-corrected chi connectivity index (χ4v) is 2.97. The van der Waals surface area contributed by atoms with Crippen LogP contribution in [0.15, 0.2) is 22.7 Å². The van der Waals surface area contributed by atoms with Crippen LogP contribution in [0, 0.1) is 0 Å². The third-order valence-corrected chi connectivity index (χ3v) is 4.82. The molecule has 1 aromatic rings. The van der Waals surface area contributed by atoms with Gasteiger partial charge in [0.1, 0.15) is 0 Å². The highest BCUT2D eigenvalue weighted by atomic mass is 79.9. The molecule has 98 valence electrons. The third kappa shape index (κ3) is 3.01. The average molecular weight is 351 g/mol. The van der Waals surface area contributed by atoms with Gasteiger partial charge in [0.15, 0.2) is 0 Å². The number of likely N-dealkylation sites (tertiary alicyclic amines) is 1. The van der Waals surface area contributed by atoms with Crippen molar-refractivity contribution in [3.8, 4) is 0 Å². The minimum absolute atomic E-state index is 0.0229. The van der Waals surface area contributed by atoms with Crippen LogP contribution in [-0.2, 0) is 0 Å². The first-order chi connectivity index (χ1) is 8.63. The van der Waals surface area contributed by atoms with Gasteiger partial charge in [-0.05, 0) is 53.4 Å². The van der Waals surface area contributed by atoms with E-state index in [4.69, 9.17) is 23.2 Å². The van der Waals surface area contributed by atoms with Crippen LogP contribution in [0.25, 0.3) is 0 Å². The predicted octanol–water partition coefficient (Wildman–Crippen LogP) is 4.34. The largest absolute Gasteiger partial charge is 0.334 e. The minimum Gasteiger partial charge on any atom is -0.334 e. The van der Waals surface area contributed by atoms with Gasteiger partial charge in [-0.3, -0.25) is 4.79 Å². The lowest BCUT2D eigenvalue weighted by molar-refractivity contribution is 0.0639. The van der Waals surface area contributed by atoms with Gasteiger partial charge in [-0.1, -0.05) is 11.6 Å². The van der Waals surface area contributed by atoms with Crippen molar-refractivity contribution in [2.24, 2.45) is 0 Å². The monoisotopic (exact) mass is 349 g/mol. The van der Waals surface area contributed by atoms with Crippen molar-refractivity contribution in [1.82, 2.24) is 4.90 Å². The molecule has 2 nitrogen and oxygen atoms in total. The van der Waals surface area contributed by atoms with Crippen LogP contribution >= 0.6 is 39.1 Å². The second kappa shape index (κ2) is 6.27. The lowest BCUT2D eigenvalue weighted by Crippen LogP contribution is -2.44. The van der Waals surface area contributed by atoms with E-state index in [1.54, 1.807) is 18.2 Å². The summed E-state index contributed by atoms with van der Waals surface area (Å²) >= 11 is 15.3. The van der Waals surface area contributed by atoms with Gasteiger partial charge in [-0.25, -0.2) is 0 Å². The number of benzene rings is 1. The zero-order valence-electron chi connectivity index (χ0n) is 9.83. The summed E-state index contributed by atoms with van der Waals surface area (Å²) in [6, 6.07) is 5.44. The summed E-state index contributed by atoms with van der Waals surface area (Å²) in [7, 11) is 0. The van der Waals surface area contributed by atoms with Crippen molar-refractivity contribution in [1.29, 1.82) is 0 Å². The molecule has 1 heterocycles. The van der Waals surface area contributed by atoms with Gasteiger partial charge in [-0.15, -0.1) is 11.6 Å². The Labute approximate surface area is 125 Å². The van der Waals surface area contributed by atoms with Crippen LogP contribution in [0.1, 0.15) is 29.6 Å². The molecule has 0 radical (unpaired) electrons. The molecule has 1 aliphatic rings. The standard InChI is InChI=1S/C13H14BrCl2NO/c14-11-5-4-9(7-12(11)16)13(18)17-6-2-1-3-10(17)8-15/h4-5,7,10H,1-3,6,8H2. The quantitative estimate of drug-likeness (QED) is 0.726. The molecule has 0 saturated carbocycles. The van der Waals surface area contributed by atoms with E-state index in [2.05, 4.69) is 15.9 Å². The van der Waals surface area contributed by atoms with E-state index >= 15 is 0 Å². The molecule has 1 saturated heterocycles. The molecule has 1 atom stereocenters. The molecule has 0 aliphatic carbocycles. The summed E-state index contributed by atoms with van der Waals surface area (Å²) in [5.74, 6) is 0.519. The smallest absolute Gasteiger partial charge is 0.254 e. The Morgan fingerprint density at radius 1 is 1.44 bits per heavy atom. The number of amides is 1. The maximum absolute atomic E-state index is 12.4. The average Bonchev–Trinajstić information content (AvgIpc) is 2.41. The molecule has 2 rings (SSSR count). The maximum Gasteiger partial charge on any atom is 0.254 e. The topological polar surface area (TPSA) is 20.3 Å². The lowest BCUT2D eigenvalue weighted by Gasteiger charge is -2.34. The van der Waals surface area contributed by atoms with Gasteiger partial charge >= 0.3 is 0 Å². The van der Waals surface area contributed by atoms with Crippen LogP contribution < -0.4 is 0 Å². The van der Waals surface area contributed by atoms with Gasteiger partial charge < -0.3 is 4.90 Å². The van der Waals surface area contributed by atoms with Crippen LogP contribution in [0.4, 0.5) is 0 Å². The summed E-state index contributed by atoms with van der Waals surface area (Å²) in [6.45, 7) is 0.782. The molecule has 1 fully saturated rings. The fraction of sp³-hybridized carbons (Fsp3) is 0.462. The van der Waals surface area contributed by atoms with Crippen molar-refractivity contribution < 1.29 is 4.79 Å². The van der Waals surface area contributed by atoms with E-state index < -0.39 is 0 Å². The van der Waals surface area contributed by atoms with Gasteiger partial charge in [0.05, 0.1) is 5.02 Å². The van der Waals surface area contributed by atoms with Gasteiger partial charge in [0.2, 0.25) is 0 Å². The highest BCUT2D eigenvalue weighted by molar-refractivity contribution is 9.10. The summed E-state index contributed by atoms with van der Waals surface area (Å²) in [4.78, 5) is 14.3. The summed E-state index contributed by atoms with van der Waals surface area (Å²) in [6.07, 6.45) is 3.17. The van der Waals surface area contributed by atoms with Crippen LogP contribution in [0.5, 0.6) is 0 Å². The number of halogens is 3. The van der Waals surface area contributed by atoms with E-state index in [1.165, 1.54) is 0 Å². The van der Waals surface area contributed by atoms with Crippen molar-refractivity contribution in [2.45, 2.75) is 25.3 Å². The van der Waals surface area contributed by atoms with E-state index in [9.17, 15) is 4.79 Å². The fourth-order valence-electron chi connectivity index (χ4n) is 2.22. The maximum atomic E-state index is 12.4. The molecule has 0 aromatic heterocycles. The lowest BCUT2D eigenvalue weighted by atomic mass is 10.0. The second-order valence-electron chi connectivity index (χ2n) is 4.43. The highest BCUT2D eigenvalue weighted by Crippen LogP contribution is 2.26. The Morgan fingerprint density at radius 3 is 2.89 bits per heavy atom. The third-order valence-electron chi connectivity index (χ3n) is 3.23. The number of carbonyl (C=O) groups is 1. The van der Waals surface area contributed by atoms with Crippen LogP contribution in [0.3, 0.4) is 0 Å². The zero-order valence-corrected chi connectivity index (χ0v) is 12.9. The SMILES string of the molecule is O=C(c1ccc(Br)c(Cl)c1)N1CCCCC1CCl. The summed E-state index contributed by atoms with van der Waals surface area (Å²) in [5.41, 5.74) is 0.625. The van der Waals surface area contributed by atoms with Crippen molar-refractivity contribution in [3.05, 3.63) is 33.3 Å². The van der Waals surface area contributed by atoms with Crippen LogP contribution in [0.2, 0.25) is 5.02 Å². The number of hydrogen-bond acceptors (Lipinski definition) is 1. The molecule has 0 bridgehead atoms. The molecule has 1 amide bonds. The van der Waals surface area contributed by atoms with Gasteiger partial charge in [-0.2, -0.15) is 0 Å². The number of nitrogens with zero attached hydrogens (tertiary/aromatic N) is 1. The molecule has 1 aromatic carbocycles. The predicted molar refractivity (Wildman–Crippen MR) is 78.5 cm³/mol. The summed E-state index contributed by atoms with van der Waals surface area (Å²) < 4.78 is 0.799. The number of piperidine rings is 1. The first-order valence-corrected chi connectivity index (χ1v) is 7.66. The highest BCUT2D eigenvalue weighted by Gasteiger charge is 2.26. The van der Waals surface area contributed by atoms with E-state index in [0.717, 1.165) is 30.3 Å². The first-order valence-electron chi connectivity index (χ1n) is 5.95. The molecular formula is C13H14BrCl2NO. The van der Waals surface area contributed by atoms with E-state index in [0.29, 0.717) is 16.5 Å². The van der Waals surface area contributed by atoms with E-state index in [1.807, 2.05) is 4.90 Å². The number of carbonyl (C=O) groups excluding carboxylic acids is 1. The number of alkyl halides is 1. The van der Waals surface area contributed by atoms with Crippen molar-refractivity contribution >= 4 is 45.0 Å². The normalized spacial score (nSPS) is 19.9. The zero-order chi connectivity index (χ0) is 13.1. The minimum atomic E-state index is 0.0229. The first kappa shape index (κ1) is 14.2. The van der Waals surface area contributed by atoms with Crippen molar-refractivity contribution in [2.75, 3.05) is 12.4 Å². The second-order valence-corrected chi connectivity index (χ2v) is 6.00. The molecule has 18 heavy (non-hydrogen) atoms. The number of hydrogen-bond donors (Lipinski definition) is 0. The Balaban J connectivity index is 2.21. The molecule has 5 heteroatoms. The van der Waals surface area contributed by atoms with E-state index in [-0.39, 0.29) is 11.9 Å². The molecule has 1 unspecified atom stereocenters. The molecule has 0 N–H and O–H groups in total. The Morgan fingerprint density at radius 2 is 2.22 bits per heavy atom. The van der Waals surface area contributed by atoms with Crippen molar-refractivity contribution in [3.63, 3.8) is 0 Å². The molecular weight excluding hydrogens is 337 g/mol. The molecule has 1 aliphatic heterocycles. The number of rotatable bonds is 2. The van der Waals surface area contributed by atoms with Gasteiger partial charge in [0, 0.05) is 28.5 Å². The Kier molecular flexibility index (Phi) is 4.93. The Bertz CT molecular complexity index is 453. The van der Waals surface area contributed by atoms with Crippen LogP contribution in [-0.4, -0.2) is 29.3 Å².